The van der Waals surface area contributed by atoms with Crippen LogP contribution in [0.2, 0.25) is 0 Å². The largest absolute Gasteiger partial charge is 0.478 e. The van der Waals surface area contributed by atoms with Crippen LogP contribution < -0.4 is 0 Å². The Morgan fingerprint density at radius 3 is 2.73 bits per heavy atom. The molecule has 0 unspecified atom stereocenters. The molecule has 15 heavy (non-hydrogen) atoms. The fourth-order valence-electron chi connectivity index (χ4n) is 1.81. The molecule has 0 saturated heterocycles. The fraction of sp³-hybridized carbons (Fsp3) is 0.0833. The molecule has 0 bridgehead atoms. The molecule has 0 saturated carbocycles. The summed E-state index contributed by atoms with van der Waals surface area (Å²) in [5.74, 6) is -0.986. The van der Waals surface area contributed by atoms with E-state index in [0.717, 1.165) is 11.1 Å². The molecule has 2 rings (SSSR count). The summed E-state index contributed by atoms with van der Waals surface area (Å²) >= 11 is 0. The van der Waals surface area contributed by atoms with Gasteiger partial charge in [-0.2, -0.15) is 0 Å². The molecule has 0 spiro atoms. The predicted octanol–water partition coefficient (Wildman–Crippen LogP) is 1.67. The first-order valence-corrected chi connectivity index (χ1v) is 4.52. The van der Waals surface area contributed by atoms with Crippen molar-refractivity contribution in [1.82, 2.24) is 0 Å². The molecule has 0 atom stereocenters. The van der Waals surface area contributed by atoms with Crippen molar-refractivity contribution in [3.63, 3.8) is 0 Å². The summed E-state index contributed by atoms with van der Waals surface area (Å²) in [6, 6.07) is 5.37. The molecule has 0 aromatic heterocycles. The summed E-state index contributed by atoms with van der Waals surface area (Å²) in [4.78, 5) is 10.9. The Kier molecular flexibility index (Phi) is 2.17. The molecule has 3 nitrogen and oxygen atoms in total. The molecule has 0 radical (unpaired) electrons. The van der Waals surface area contributed by atoms with Crippen molar-refractivity contribution in [2.24, 2.45) is 0 Å². The third kappa shape index (κ3) is 1.37. The van der Waals surface area contributed by atoms with Crippen molar-refractivity contribution in [2.75, 3.05) is 0 Å². The van der Waals surface area contributed by atoms with Crippen molar-refractivity contribution < 1.29 is 15.0 Å². The van der Waals surface area contributed by atoms with E-state index in [9.17, 15) is 4.79 Å². The topological polar surface area (TPSA) is 57.5 Å². The van der Waals surface area contributed by atoms with Crippen molar-refractivity contribution in [3.8, 4) is 0 Å². The zero-order valence-corrected chi connectivity index (χ0v) is 8.03. The van der Waals surface area contributed by atoms with Crippen molar-refractivity contribution in [3.05, 3.63) is 47.0 Å². The average molecular weight is 202 g/mol. The predicted molar refractivity (Wildman–Crippen MR) is 57.0 cm³/mol. The summed E-state index contributed by atoms with van der Waals surface area (Å²) in [6.07, 6.45) is 1.58. The first-order valence-electron chi connectivity index (χ1n) is 4.52. The number of aliphatic hydroxyl groups is 1. The minimum absolute atomic E-state index is 0.108. The zero-order chi connectivity index (χ0) is 11.0. The highest BCUT2D eigenvalue weighted by molar-refractivity contribution is 6.14. The Hall–Kier alpha value is -1.87. The van der Waals surface area contributed by atoms with E-state index < -0.39 is 5.97 Å². The average Bonchev–Trinajstić information content (AvgIpc) is 2.56. The maximum atomic E-state index is 10.9. The molecule has 76 valence electrons. The van der Waals surface area contributed by atoms with Gasteiger partial charge < -0.3 is 10.2 Å². The van der Waals surface area contributed by atoms with E-state index in [1.54, 1.807) is 18.2 Å². The first-order chi connectivity index (χ1) is 7.15. The molecule has 0 heterocycles. The molecule has 3 heteroatoms. The molecule has 0 aliphatic heterocycles. The second-order valence-electron chi connectivity index (χ2n) is 3.38. The van der Waals surface area contributed by atoms with Crippen LogP contribution in [-0.2, 0) is 11.4 Å². The van der Waals surface area contributed by atoms with Crippen LogP contribution in [-0.4, -0.2) is 16.2 Å². The Bertz CT molecular complexity index is 484. The maximum absolute atomic E-state index is 10.9. The van der Waals surface area contributed by atoms with Crippen LogP contribution in [0.4, 0.5) is 0 Å². The van der Waals surface area contributed by atoms with Gasteiger partial charge in [0, 0.05) is 0 Å². The van der Waals surface area contributed by atoms with Gasteiger partial charge in [0.2, 0.25) is 0 Å². The number of aliphatic carboxylic acids is 1. The second kappa shape index (κ2) is 3.37. The summed E-state index contributed by atoms with van der Waals surface area (Å²) < 4.78 is 0. The van der Waals surface area contributed by atoms with E-state index in [1.807, 2.05) is 6.07 Å². The third-order valence-corrected chi connectivity index (χ3v) is 2.51. The summed E-state index contributed by atoms with van der Waals surface area (Å²) in [5, 5.41) is 18.1. The number of hydrogen-bond acceptors (Lipinski definition) is 2. The molecule has 1 aromatic rings. The number of rotatable bonds is 2. The van der Waals surface area contributed by atoms with E-state index >= 15 is 0 Å². The molecule has 0 fully saturated rings. The van der Waals surface area contributed by atoms with Gasteiger partial charge in [-0.1, -0.05) is 24.8 Å². The van der Waals surface area contributed by atoms with E-state index in [0.29, 0.717) is 11.1 Å². The molecule has 0 amide bonds. The van der Waals surface area contributed by atoms with Gasteiger partial charge in [-0.25, -0.2) is 4.79 Å². The summed E-state index contributed by atoms with van der Waals surface area (Å²) in [5.41, 5.74) is 2.94. The Labute approximate surface area is 87.0 Å². The highest BCUT2D eigenvalue weighted by Gasteiger charge is 2.23. The Morgan fingerprint density at radius 1 is 1.40 bits per heavy atom. The number of aliphatic hydroxyl groups excluding tert-OH is 1. The van der Waals surface area contributed by atoms with Gasteiger partial charge in [0.15, 0.2) is 0 Å². The third-order valence-electron chi connectivity index (χ3n) is 2.51. The number of fused-ring (bicyclic) bond motifs is 1. The van der Waals surface area contributed by atoms with Gasteiger partial charge in [-0.15, -0.1) is 0 Å². The van der Waals surface area contributed by atoms with Crippen LogP contribution in [0.25, 0.3) is 11.6 Å². The van der Waals surface area contributed by atoms with Crippen molar-refractivity contribution in [2.45, 2.75) is 6.61 Å². The molecule has 2 N–H and O–H groups in total. The lowest BCUT2D eigenvalue weighted by Crippen LogP contribution is -1.99. The van der Waals surface area contributed by atoms with Gasteiger partial charge in [-0.05, 0) is 28.3 Å². The highest BCUT2D eigenvalue weighted by Crippen LogP contribution is 2.36. The Morgan fingerprint density at radius 2 is 2.13 bits per heavy atom. The smallest absolute Gasteiger partial charge is 0.336 e. The van der Waals surface area contributed by atoms with Gasteiger partial charge in [0.25, 0.3) is 0 Å². The standard InChI is InChI=1S/C12H10O3/c1-7-10(12(14)15)5-8-3-2-4-9(6-13)11(7)8/h2-5,13H,1,6H2,(H,14,15). The Balaban J connectivity index is 2.59. The second-order valence-corrected chi connectivity index (χ2v) is 3.38. The number of carboxylic acid groups (broad SMARTS) is 1. The van der Waals surface area contributed by atoms with E-state index in [4.69, 9.17) is 10.2 Å². The summed E-state index contributed by atoms with van der Waals surface area (Å²) in [6.45, 7) is 3.64. The number of carbonyl (C=O) groups is 1. The van der Waals surface area contributed by atoms with Crippen LogP contribution in [0.15, 0.2) is 30.4 Å². The van der Waals surface area contributed by atoms with Crippen LogP contribution in [0.3, 0.4) is 0 Å². The van der Waals surface area contributed by atoms with Crippen molar-refractivity contribution >= 4 is 17.6 Å². The molecular weight excluding hydrogens is 192 g/mol. The van der Waals surface area contributed by atoms with Crippen LogP contribution in [0, 0.1) is 0 Å². The molecule has 1 aliphatic rings. The lowest BCUT2D eigenvalue weighted by molar-refractivity contribution is -0.132. The van der Waals surface area contributed by atoms with Gasteiger partial charge in [-0.3, -0.25) is 0 Å². The highest BCUT2D eigenvalue weighted by atomic mass is 16.4. The van der Waals surface area contributed by atoms with Crippen LogP contribution >= 0.6 is 0 Å². The molecule has 1 aromatic carbocycles. The van der Waals surface area contributed by atoms with Gasteiger partial charge in [0.1, 0.15) is 0 Å². The summed E-state index contributed by atoms with van der Waals surface area (Å²) in [7, 11) is 0. The first kappa shape index (κ1) is 9.68. The minimum atomic E-state index is -0.986. The molecular formula is C12H10O3. The van der Waals surface area contributed by atoms with Crippen molar-refractivity contribution in [1.29, 1.82) is 0 Å². The normalized spacial score (nSPS) is 13.7. The van der Waals surface area contributed by atoms with E-state index in [2.05, 4.69) is 6.58 Å². The van der Waals surface area contributed by atoms with Crippen LogP contribution in [0.5, 0.6) is 0 Å². The van der Waals surface area contributed by atoms with E-state index in [-0.39, 0.29) is 12.2 Å². The van der Waals surface area contributed by atoms with Gasteiger partial charge in [0.05, 0.1) is 12.2 Å². The number of benzene rings is 1. The van der Waals surface area contributed by atoms with E-state index in [1.165, 1.54) is 0 Å². The maximum Gasteiger partial charge on any atom is 0.336 e. The lowest BCUT2D eigenvalue weighted by Gasteiger charge is -2.06. The molecule has 1 aliphatic carbocycles. The minimum Gasteiger partial charge on any atom is -0.478 e. The lowest BCUT2D eigenvalue weighted by atomic mass is 9.99. The fourth-order valence-corrected chi connectivity index (χ4v) is 1.81. The van der Waals surface area contributed by atoms with Crippen LogP contribution in [0.1, 0.15) is 16.7 Å². The van der Waals surface area contributed by atoms with Gasteiger partial charge >= 0.3 is 5.97 Å². The number of carboxylic acids is 1. The zero-order valence-electron chi connectivity index (χ0n) is 8.03. The quantitative estimate of drug-likeness (QED) is 0.767. The monoisotopic (exact) mass is 202 g/mol. The number of hydrogen-bond donors (Lipinski definition) is 2. The SMILES string of the molecule is C=C1C(C(=O)O)=Cc2cccc(CO)c21.